The Morgan fingerprint density at radius 3 is 2.88 bits per heavy atom. The molecule has 0 saturated carbocycles. The summed E-state index contributed by atoms with van der Waals surface area (Å²) in [5.74, 6) is 0. The van der Waals surface area contributed by atoms with E-state index in [-0.39, 0.29) is 0 Å². The molecular formula is C14H29N3. The smallest absolute Gasteiger partial charge is 0.0223 e. The SMILES string of the molecule is CCCNCCCN1CCCN2CCCC2C1. The fourth-order valence-electron chi connectivity index (χ4n) is 3.22. The molecule has 1 N–H and O–H groups in total. The van der Waals surface area contributed by atoms with Crippen molar-refractivity contribution in [2.24, 2.45) is 0 Å². The molecule has 2 rings (SSSR count). The van der Waals surface area contributed by atoms with E-state index < -0.39 is 0 Å². The fourth-order valence-corrected chi connectivity index (χ4v) is 3.22. The average Bonchev–Trinajstić information content (AvgIpc) is 2.68. The van der Waals surface area contributed by atoms with E-state index in [1.165, 1.54) is 77.9 Å². The van der Waals surface area contributed by atoms with Gasteiger partial charge in [0.05, 0.1) is 0 Å². The van der Waals surface area contributed by atoms with Crippen LogP contribution in [0.4, 0.5) is 0 Å². The van der Waals surface area contributed by atoms with Gasteiger partial charge in [-0.15, -0.1) is 0 Å². The molecule has 3 heteroatoms. The largest absolute Gasteiger partial charge is 0.317 e. The summed E-state index contributed by atoms with van der Waals surface area (Å²) in [5, 5.41) is 3.50. The minimum Gasteiger partial charge on any atom is -0.317 e. The van der Waals surface area contributed by atoms with Crippen LogP contribution in [-0.2, 0) is 0 Å². The van der Waals surface area contributed by atoms with Gasteiger partial charge in [-0.2, -0.15) is 0 Å². The molecule has 0 aromatic carbocycles. The second-order valence-corrected chi connectivity index (χ2v) is 5.59. The maximum absolute atomic E-state index is 3.50. The zero-order chi connectivity index (χ0) is 11.9. The van der Waals surface area contributed by atoms with Gasteiger partial charge in [-0.1, -0.05) is 6.92 Å². The van der Waals surface area contributed by atoms with Gasteiger partial charge in [0.15, 0.2) is 0 Å². The lowest BCUT2D eigenvalue weighted by Crippen LogP contribution is -2.37. The van der Waals surface area contributed by atoms with Gasteiger partial charge in [-0.05, 0) is 71.4 Å². The third-order valence-electron chi connectivity index (χ3n) is 4.14. The van der Waals surface area contributed by atoms with Crippen molar-refractivity contribution in [2.45, 2.75) is 45.1 Å². The Morgan fingerprint density at radius 1 is 1.12 bits per heavy atom. The summed E-state index contributed by atoms with van der Waals surface area (Å²) in [7, 11) is 0. The summed E-state index contributed by atoms with van der Waals surface area (Å²) < 4.78 is 0. The minimum absolute atomic E-state index is 0.876. The lowest BCUT2D eigenvalue weighted by Gasteiger charge is -2.25. The molecule has 2 aliphatic rings. The number of nitrogens with one attached hydrogen (secondary N) is 1. The summed E-state index contributed by atoms with van der Waals surface area (Å²) in [6, 6.07) is 0.876. The van der Waals surface area contributed by atoms with Crippen LogP contribution in [0.1, 0.15) is 39.0 Å². The van der Waals surface area contributed by atoms with Crippen LogP contribution in [0.2, 0.25) is 0 Å². The van der Waals surface area contributed by atoms with Crippen molar-refractivity contribution in [1.82, 2.24) is 15.1 Å². The van der Waals surface area contributed by atoms with Crippen molar-refractivity contribution in [1.29, 1.82) is 0 Å². The quantitative estimate of drug-likeness (QED) is 0.710. The van der Waals surface area contributed by atoms with E-state index in [2.05, 4.69) is 22.0 Å². The van der Waals surface area contributed by atoms with Crippen molar-refractivity contribution in [3.63, 3.8) is 0 Å². The molecule has 3 nitrogen and oxygen atoms in total. The molecule has 100 valence electrons. The lowest BCUT2D eigenvalue weighted by molar-refractivity contribution is 0.218. The molecule has 2 heterocycles. The highest BCUT2D eigenvalue weighted by atomic mass is 15.3. The molecule has 1 unspecified atom stereocenters. The predicted molar refractivity (Wildman–Crippen MR) is 73.4 cm³/mol. The minimum atomic E-state index is 0.876. The van der Waals surface area contributed by atoms with E-state index in [4.69, 9.17) is 0 Å². The van der Waals surface area contributed by atoms with E-state index in [9.17, 15) is 0 Å². The summed E-state index contributed by atoms with van der Waals surface area (Å²) in [6.07, 6.45) is 6.80. The molecule has 0 aliphatic carbocycles. The Morgan fingerprint density at radius 2 is 2.00 bits per heavy atom. The molecule has 0 bridgehead atoms. The highest BCUT2D eigenvalue weighted by molar-refractivity contribution is 4.84. The number of hydrogen-bond acceptors (Lipinski definition) is 3. The first kappa shape index (κ1) is 13.3. The van der Waals surface area contributed by atoms with Gasteiger partial charge in [-0.25, -0.2) is 0 Å². The first-order valence-electron chi connectivity index (χ1n) is 7.57. The lowest BCUT2D eigenvalue weighted by atomic mass is 10.2. The normalized spacial score (nSPS) is 27.0. The molecule has 0 aromatic rings. The Kier molecular flexibility index (Phi) is 5.75. The van der Waals surface area contributed by atoms with E-state index in [0.717, 1.165) is 6.04 Å². The monoisotopic (exact) mass is 239 g/mol. The van der Waals surface area contributed by atoms with Gasteiger partial charge in [0.25, 0.3) is 0 Å². The molecule has 0 spiro atoms. The Balaban J connectivity index is 1.63. The molecule has 0 radical (unpaired) electrons. The Hall–Kier alpha value is -0.120. The van der Waals surface area contributed by atoms with Gasteiger partial charge >= 0.3 is 0 Å². The number of rotatable bonds is 6. The molecule has 0 aromatic heterocycles. The predicted octanol–water partition coefficient (Wildman–Crippen LogP) is 1.55. The van der Waals surface area contributed by atoms with Crippen molar-refractivity contribution in [2.75, 3.05) is 45.8 Å². The van der Waals surface area contributed by atoms with Gasteiger partial charge < -0.3 is 10.2 Å². The van der Waals surface area contributed by atoms with Crippen LogP contribution < -0.4 is 5.32 Å². The molecule has 1 atom stereocenters. The maximum Gasteiger partial charge on any atom is 0.0223 e. The molecular weight excluding hydrogens is 210 g/mol. The van der Waals surface area contributed by atoms with Crippen LogP contribution >= 0.6 is 0 Å². The molecule has 2 fully saturated rings. The highest BCUT2D eigenvalue weighted by Gasteiger charge is 2.28. The van der Waals surface area contributed by atoms with E-state index in [1.54, 1.807) is 0 Å². The summed E-state index contributed by atoms with van der Waals surface area (Å²) in [6.45, 7) is 11.2. The molecule has 0 amide bonds. The van der Waals surface area contributed by atoms with Crippen molar-refractivity contribution >= 4 is 0 Å². The Labute approximate surface area is 107 Å². The maximum atomic E-state index is 3.50. The van der Waals surface area contributed by atoms with Crippen LogP contribution in [0.15, 0.2) is 0 Å². The summed E-state index contributed by atoms with van der Waals surface area (Å²) in [4.78, 5) is 5.42. The third-order valence-corrected chi connectivity index (χ3v) is 4.14. The number of hydrogen-bond donors (Lipinski definition) is 1. The van der Waals surface area contributed by atoms with Gasteiger partial charge in [0.2, 0.25) is 0 Å². The second-order valence-electron chi connectivity index (χ2n) is 5.59. The van der Waals surface area contributed by atoms with Crippen molar-refractivity contribution in [3.05, 3.63) is 0 Å². The van der Waals surface area contributed by atoms with Crippen LogP contribution in [0.5, 0.6) is 0 Å². The van der Waals surface area contributed by atoms with Gasteiger partial charge in [0, 0.05) is 12.6 Å². The fraction of sp³-hybridized carbons (Fsp3) is 1.00. The summed E-state index contributed by atoms with van der Waals surface area (Å²) in [5.41, 5.74) is 0. The van der Waals surface area contributed by atoms with E-state index in [1.807, 2.05) is 0 Å². The van der Waals surface area contributed by atoms with Crippen molar-refractivity contribution < 1.29 is 0 Å². The van der Waals surface area contributed by atoms with Crippen LogP contribution in [0.3, 0.4) is 0 Å². The van der Waals surface area contributed by atoms with Gasteiger partial charge in [0.1, 0.15) is 0 Å². The van der Waals surface area contributed by atoms with E-state index >= 15 is 0 Å². The zero-order valence-corrected chi connectivity index (χ0v) is 11.5. The topological polar surface area (TPSA) is 18.5 Å². The zero-order valence-electron chi connectivity index (χ0n) is 11.5. The third kappa shape index (κ3) is 4.23. The molecule has 17 heavy (non-hydrogen) atoms. The number of fused-ring (bicyclic) bond motifs is 1. The first-order chi connectivity index (χ1) is 8.40. The van der Waals surface area contributed by atoms with Crippen LogP contribution in [0, 0.1) is 0 Å². The van der Waals surface area contributed by atoms with E-state index in [0.29, 0.717) is 0 Å². The summed E-state index contributed by atoms with van der Waals surface area (Å²) >= 11 is 0. The number of nitrogens with zero attached hydrogens (tertiary/aromatic N) is 2. The van der Waals surface area contributed by atoms with Crippen LogP contribution in [-0.4, -0.2) is 61.7 Å². The Bertz CT molecular complexity index is 208. The standard InChI is InChI=1S/C14H29N3/c1-2-7-15-8-4-9-16-10-5-12-17-11-3-6-14(17)13-16/h14-15H,2-13H2,1H3. The second kappa shape index (κ2) is 7.34. The molecule has 2 saturated heterocycles. The first-order valence-corrected chi connectivity index (χ1v) is 7.57. The molecule has 2 aliphatic heterocycles. The highest BCUT2D eigenvalue weighted by Crippen LogP contribution is 2.21. The van der Waals surface area contributed by atoms with Crippen LogP contribution in [0.25, 0.3) is 0 Å². The average molecular weight is 239 g/mol. The van der Waals surface area contributed by atoms with Crippen molar-refractivity contribution in [3.8, 4) is 0 Å². The van der Waals surface area contributed by atoms with Gasteiger partial charge in [-0.3, -0.25) is 4.90 Å².